The van der Waals surface area contributed by atoms with E-state index < -0.39 is 5.60 Å². The van der Waals surface area contributed by atoms with Gasteiger partial charge in [-0.25, -0.2) is 0 Å². The molecule has 1 heterocycles. The summed E-state index contributed by atoms with van der Waals surface area (Å²) in [4.78, 5) is 4.51. The van der Waals surface area contributed by atoms with Crippen molar-refractivity contribution in [3.8, 4) is 0 Å². The first-order valence-electron chi connectivity index (χ1n) is 6.90. The second-order valence-electron chi connectivity index (χ2n) is 5.89. The van der Waals surface area contributed by atoms with Crippen LogP contribution in [-0.2, 0) is 6.42 Å². The van der Waals surface area contributed by atoms with Crippen LogP contribution in [0.5, 0.6) is 0 Å². The van der Waals surface area contributed by atoms with Gasteiger partial charge in [0.1, 0.15) is 0 Å². The second-order valence-corrected chi connectivity index (χ2v) is 5.89. The lowest BCUT2D eigenvalue weighted by Crippen LogP contribution is -2.46. The summed E-state index contributed by atoms with van der Waals surface area (Å²) in [6.45, 7) is 6.74. The first-order valence-corrected chi connectivity index (χ1v) is 6.90. The number of hydrogen-bond acceptors (Lipinski definition) is 3. The summed E-state index contributed by atoms with van der Waals surface area (Å²) in [5, 5.41) is 14.1. The largest absolute Gasteiger partial charge is 0.388 e. The Bertz CT molecular complexity index is 401. The lowest BCUT2D eigenvalue weighted by atomic mass is 9.76. The second kappa shape index (κ2) is 5.37. The van der Waals surface area contributed by atoms with E-state index in [0.29, 0.717) is 12.6 Å². The summed E-state index contributed by atoms with van der Waals surface area (Å²) >= 11 is 0. The first-order chi connectivity index (χ1) is 8.50. The zero-order valence-electron chi connectivity index (χ0n) is 11.6. The van der Waals surface area contributed by atoms with E-state index in [9.17, 15) is 5.11 Å². The van der Waals surface area contributed by atoms with Crippen molar-refractivity contribution in [2.45, 2.75) is 57.6 Å². The maximum absolute atomic E-state index is 10.7. The van der Waals surface area contributed by atoms with E-state index in [-0.39, 0.29) is 5.92 Å². The molecule has 1 aliphatic rings. The molecule has 3 heteroatoms. The van der Waals surface area contributed by atoms with Gasteiger partial charge in [0.2, 0.25) is 0 Å². The Morgan fingerprint density at radius 2 is 2.33 bits per heavy atom. The molecule has 0 amide bonds. The molecule has 0 saturated heterocycles. The molecule has 2 N–H and O–H groups in total. The third-order valence-corrected chi connectivity index (χ3v) is 3.81. The lowest BCUT2D eigenvalue weighted by molar-refractivity contribution is 0.0218. The molecule has 0 aliphatic heterocycles. The van der Waals surface area contributed by atoms with Crippen LogP contribution < -0.4 is 5.32 Å². The van der Waals surface area contributed by atoms with Crippen molar-refractivity contribution in [3.63, 3.8) is 0 Å². The van der Waals surface area contributed by atoms with E-state index in [1.165, 1.54) is 5.56 Å². The van der Waals surface area contributed by atoms with Crippen LogP contribution in [0.1, 0.15) is 50.8 Å². The SMILES string of the molecule is CC(C)NCC(C)(O)C1CCCc2cccnc21. The minimum atomic E-state index is -0.728. The van der Waals surface area contributed by atoms with Crippen LogP contribution in [0.4, 0.5) is 0 Å². The highest BCUT2D eigenvalue weighted by Crippen LogP contribution is 2.37. The fourth-order valence-corrected chi connectivity index (χ4v) is 2.75. The maximum atomic E-state index is 10.7. The van der Waals surface area contributed by atoms with Gasteiger partial charge >= 0.3 is 0 Å². The molecule has 1 aromatic rings. The molecule has 0 radical (unpaired) electrons. The first kappa shape index (κ1) is 13.5. The Morgan fingerprint density at radius 3 is 3.06 bits per heavy atom. The number of aromatic nitrogens is 1. The van der Waals surface area contributed by atoms with Crippen molar-refractivity contribution in [2.24, 2.45) is 0 Å². The minimum absolute atomic E-state index is 0.147. The van der Waals surface area contributed by atoms with Gasteiger partial charge < -0.3 is 10.4 Å². The monoisotopic (exact) mass is 248 g/mol. The molecule has 2 atom stereocenters. The standard InChI is InChI=1S/C15H24N2O/c1-11(2)17-10-15(3,18)13-8-4-6-12-7-5-9-16-14(12)13/h5,7,9,11,13,17-18H,4,6,8,10H2,1-3H3. The summed E-state index contributed by atoms with van der Waals surface area (Å²) in [7, 11) is 0. The highest BCUT2D eigenvalue weighted by Gasteiger charge is 2.36. The van der Waals surface area contributed by atoms with Gasteiger partial charge in [-0.1, -0.05) is 19.9 Å². The normalized spacial score (nSPS) is 22.6. The topological polar surface area (TPSA) is 45.1 Å². The Morgan fingerprint density at radius 1 is 1.56 bits per heavy atom. The van der Waals surface area contributed by atoms with E-state index in [1.807, 2.05) is 19.2 Å². The van der Waals surface area contributed by atoms with Gasteiger partial charge in [-0.15, -0.1) is 0 Å². The lowest BCUT2D eigenvalue weighted by Gasteiger charge is -2.36. The number of rotatable bonds is 4. The maximum Gasteiger partial charge on any atom is 0.0826 e. The Kier molecular flexibility index (Phi) is 4.03. The quantitative estimate of drug-likeness (QED) is 0.859. The highest BCUT2D eigenvalue weighted by molar-refractivity contribution is 5.28. The zero-order valence-corrected chi connectivity index (χ0v) is 11.6. The molecular formula is C15H24N2O. The smallest absolute Gasteiger partial charge is 0.0826 e. The van der Waals surface area contributed by atoms with Crippen LogP contribution in [0.15, 0.2) is 18.3 Å². The van der Waals surface area contributed by atoms with Crippen LogP contribution in [0, 0.1) is 0 Å². The van der Waals surface area contributed by atoms with Gasteiger partial charge in [-0.05, 0) is 37.8 Å². The van der Waals surface area contributed by atoms with E-state index in [0.717, 1.165) is 25.0 Å². The predicted octanol–water partition coefficient (Wildman–Crippen LogP) is 2.25. The molecule has 0 saturated carbocycles. The Labute approximate surface area is 110 Å². The van der Waals surface area contributed by atoms with Crippen molar-refractivity contribution in [1.29, 1.82) is 0 Å². The summed E-state index contributed by atoms with van der Waals surface area (Å²) in [6, 6.07) is 4.52. The van der Waals surface area contributed by atoms with Gasteiger partial charge in [0.25, 0.3) is 0 Å². The molecule has 1 aromatic heterocycles. The number of nitrogens with zero attached hydrogens (tertiary/aromatic N) is 1. The van der Waals surface area contributed by atoms with Crippen molar-refractivity contribution in [2.75, 3.05) is 6.54 Å². The molecule has 2 unspecified atom stereocenters. The number of pyridine rings is 1. The Balaban J connectivity index is 2.18. The molecule has 0 aromatic carbocycles. The van der Waals surface area contributed by atoms with Crippen LogP contribution in [0.2, 0.25) is 0 Å². The summed E-state index contributed by atoms with van der Waals surface area (Å²) < 4.78 is 0. The van der Waals surface area contributed by atoms with Crippen LogP contribution in [0.25, 0.3) is 0 Å². The van der Waals surface area contributed by atoms with Gasteiger partial charge in [-0.3, -0.25) is 4.98 Å². The molecule has 18 heavy (non-hydrogen) atoms. The van der Waals surface area contributed by atoms with Crippen LogP contribution in [0.3, 0.4) is 0 Å². The molecule has 3 nitrogen and oxygen atoms in total. The summed E-state index contributed by atoms with van der Waals surface area (Å²) in [6.07, 6.45) is 5.09. The fourth-order valence-electron chi connectivity index (χ4n) is 2.75. The van der Waals surface area contributed by atoms with Crippen LogP contribution >= 0.6 is 0 Å². The van der Waals surface area contributed by atoms with E-state index in [1.54, 1.807) is 0 Å². The van der Waals surface area contributed by atoms with E-state index in [2.05, 4.69) is 30.2 Å². The summed E-state index contributed by atoms with van der Waals surface area (Å²) in [5.74, 6) is 0.147. The molecule has 2 rings (SSSR count). The van der Waals surface area contributed by atoms with Crippen molar-refractivity contribution >= 4 is 0 Å². The molecule has 0 fully saturated rings. The Hall–Kier alpha value is -0.930. The van der Waals surface area contributed by atoms with Crippen molar-refractivity contribution in [1.82, 2.24) is 10.3 Å². The predicted molar refractivity (Wildman–Crippen MR) is 73.7 cm³/mol. The van der Waals surface area contributed by atoms with E-state index in [4.69, 9.17) is 0 Å². The number of aliphatic hydroxyl groups is 1. The zero-order chi connectivity index (χ0) is 13.2. The molecule has 0 spiro atoms. The molecule has 0 bridgehead atoms. The van der Waals surface area contributed by atoms with Gasteiger partial charge in [0.15, 0.2) is 0 Å². The third-order valence-electron chi connectivity index (χ3n) is 3.81. The number of fused-ring (bicyclic) bond motifs is 1. The highest BCUT2D eigenvalue weighted by atomic mass is 16.3. The average Bonchev–Trinajstić information content (AvgIpc) is 2.36. The number of aryl methyl sites for hydroxylation is 1. The molecule has 100 valence electrons. The fraction of sp³-hybridized carbons (Fsp3) is 0.667. The van der Waals surface area contributed by atoms with Gasteiger partial charge in [0, 0.05) is 30.4 Å². The van der Waals surface area contributed by atoms with E-state index >= 15 is 0 Å². The third kappa shape index (κ3) is 2.90. The molecular weight excluding hydrogens is 224 g/mol. The van der Waals surface area contributed by atoms with Crippen LogP contribution in [-0.4, -0.2) is 28.3 Å². The van der Waals surface area contributed by atoms with Crippen molar-refractivity contribution in [3.05, 3.63) is 29.6 Å². The number of hydrogen-bond donors (Lipinski definition) is 2. The average molecular weight is 248 g/mol. The van der Waals surface area contributed by atoms with Crippen molar-refractivity contribution < 1.29 is 5.11 Å². The van der Waals surface area contributed by atoms with Gasteiger partial charge in [-0.2, -0.15) is 0 Å². The summed E-state index contributed by atoms with van der Waals surface area (Å²) in [5.41, 5.74) is 1.67. The number of nitrogens with one attached hydrogen (secondary N) is 1. The molecule has 1 aliphatic carbocycles. The minimum Gasteiger partial charge on any atom is -0.388 e. The van der Waals surface area contributed by atoms with Gasteiger partial charge in [0.05, 0.1) is 5.60 Å².